The van der Waals surface area contributed by atoms with Crippen LogP contribution in [-0.2, 0) is 4.74 Å². The zero-order valence-corrected chi connectivity index (χ0v) is 12.7. The van der Waals surface area contributed by atoms with Crippen molar-refractivity contribution < 1.29 is 14.3 Å². The van der Waals surface area contributed by atoms with Crippen LogP contribution in [0.1, 0.15) is 27.6 Å². The Balaban J connectivity index is 2.12. The Kier molecular flexibility index (Phi) is 4.99. The van der Waals surface area contributed by atoms with E-state index in [1.54, 1.807) is 36.4 Å². The maximum absolute atomic E-state index is 12.1. The third kappa shape index (κ3) is 3.84. The fourth-order valence-electron chi connectivity index (χ4n) is 1.77. The maximum Gasteiger partial charge on any atom is 0.340 e. The molecule has 0 amide bonds. The average molecular weight is 323 g/mol. The quantitative estimate of drug-likeness (QED) is 0.618. The predicted octanol–water partition coefficient (Wildman–Crippen LogP) is 4.42. The van der Waals surface area contributed by atoms with E-state index >= 15 is 0 Å². The highest BCUT2D eigenvalue weighted by atomic mass is 35.5. The van der Waals surface area contributed by atoms with Crippen LogP contribution in [-0.4, -0.2) is 17.9 Å². The van der Waals surface area contributed by atoms with Gasteiger partial charge in [-0.3, -0.25) is 4.79 Å². The maximum atomic E-state index is 12.1. The summed E-state index contributed by atoms with van der Waals surface area (Å²) in [6, 6.07) is 13.1. The van der Waals surface area contributed by atoms with Crippen molar-refractivity contribution in [2.75, 3.05) is 0 Å². The lowest BCUT2D eigenvalue weighted by Gasteiger charge is -2.13. The lowest BCUT2D eigenvalue weighted by Crippen LogP contribution is -2.24. The zero-order valence-electron chi connectivity index (χ0n) is 11.2. The van der Waals surface area contributed by atoms with Crippen molar-refractivity contribution in [3.8, 4) is 0 Å². The van der Waals surface area contributed by atoms with Crippen molar-refractivity contribution in [3.05, 3.63) is 69.7 Å². The molecule has 0 saturated heterocycles. The first kappa shape index (κ1) is 15.5. The number of hydrogen-bond acceptors (Lipinski definition) is 3. The molecule has 108 valence electrons. The van der Waals surface area contributed by atoms with Gasteiger partial charge in [0.25, 0.3) is 0 Å². The number of esters is 1. The molecule has 0 aliphatic rings. The van der Waals surface area contributed by atoms with Crippen LogP contribution in [0.5, 0.6) is 0 Å². The molecule has 0 heterocycles. The van der Waals surface area contributed by atoms with E-state index < -0.39 is 12.1 Å². The minimum absolute atomic E-state index is 0.136. The molecule has 2 aromatic carbocycles. The second-order valence-corrected chi connectivity index (χ2v) is 5.25. The van der Waals surface area contributed by atoms with Gasteiger partial charge in [-0.05, 0) is 25.1 Å². The van der Waals surface area contributed by atoms with Crippen molar-refractivity contribution in [1.82, 2.24) is 0 Å². The van der Waals surface area contributed by atoms with E-state index in [9.17, 15) is 9.59 Å². The number of hydrogen-bond donors (Lipinski definition) is 0. The summed E-state index contributed by atoms with van der Waals surface area (Å²) in [7, 11) is 0. The topological polar surface area (TPSA) is 43.4 Å². The number of carbonyl (C=O) groups is 2. The number of benzene rings is 2. The van der Waals surface area contributed by atoms with Gasteiger partial charge in [0.05, 0.1) is 10.6 Å². The van der Waals surface area contributed by atoms with Gasteiger partial charge in [-0.15, -0.1) is 0 Å². The Bertz CT molecular complexity index is 668. The molecule has 0 radical (unpaired) electrons. The Labute approximate surface area is 132 Å². The zero-order chi connectivity index (χ0) is 15.4. The largest absolute Gasteiger partial charge is 0.451 e. The summed E-state index contributed by atoms with van der Waals surface area (Å²) in [6.07, 6.45) is -0.907. The standard InChI is InChI=1S/C16H12Cl2O3/c1-10(15(19)11-5-3-2-4-6-11)21-16(20)13-9-12(17)7-8-14(13)18/h2-10H,1H3. The third-order valence-electron chi connectivity index (χ3n) is 2.86. The normalized spacial score (nSPS) is 11.8. The Morgan fingerprint density at radius 2 is 1.71 bits per heavy atom. The molecule has 0 N–H and O–H groups in total. The van der Waals surface area contributed by atoms with E-state index in [4.69, 9.17) is 27.9 Å². The average Bonchev–Trinajstić information content (AvgIpc) is 2.49. The Morgan fingerprint density at radius 3 is 2.38 bits per heavy atom. The summed E-state index contributed by atoms with van der Waals surface area (Å²) in [6.45, 7) is 1.52. The van der Waals surface area contributed by atoms with Crippen LogP contribution in [0.3, 0.4) is 0 Å². The molecule has 0 saturated carbocycles. The van der Waals surface area contributed by atoms with E-state index in [-0.39, 0.29) is 16.4 Å². The van der Waals surface area contributed by atoms with Crippen LogP contribution in [0.15, 0.2) is 48.5 Å². The summed E-state index contributed by atoms with van der Waals surface area (Å²) in [5.41, 5.74) is 0.617. The summed E-state index contributed by atoms with van der Waals surface area (Å²) < 4.78 is 5.16. The lowest BCUT2D eigenvalue weighted by molar-refractivity contribution is 0.0319. The van der Waals surface area contributed by atoms with E-state index in [1.807, 2.05) is 0 Å². The first-order chi connectivity index (χ1) is 9.99. The van der Waals surface area contributed by atoms with Crippen molar-refractivity contribution >= 4 is 35.0 Å². The molecule has 2 aromatic rings. The summed E-state index contributed by atoms with van der Waals surface area (Å²) in [5, 5.41) is 0.595. The Hall–Kier alpha value is -1.84. The van der Waals surface area contributed by atoms with Crippen LogP contribution >= 0.6 is 23.2 Å². The van der Waals surface area contributed by atoms with Gasteiger partial charge in [0.1, 0.15) is 0 Å². The molecule has 0 aliphatic carbocycles. The molecule has 0 spiro atoms. The summed E-state index contributed by atoms with van der Waals surface area (Å²) in [4.78, 5) is 24.2. The predicted molar refractivity (Wildman–Crippen MR) is 82.1 cm³/mol. The number of halogens is 2. The van der Waals surface area contributed by atoms with Crippen LogP contribution in [0, 0.1) is 0 Å². The first-order valence-electron chi connectivity index (χ1n) is 6.24. The number of ether oxygens (including phenoxy) is 1. The summed E-state index contributed by atoms with van der Waals surface area (Å²) >= 11 is 11.7. The fourth-order valence-corrected chi connectivity index (χ4v) is 2.14. The Morgan fingerprint density at radius 1 is 1.05 bits per heavy atom. The number of carbonyl (C=O) groups excluding carboxylic acids is 2. The second kappa shape index (κ2) is 6.74. The summed E-state index contributed by atoms with van der Waals surface area (Å²) in [5.74, 6) is -0.957. The monoisotopic (exact) mass is 322 g/mol. The fraction of sp³-hybridized carbons (Fsp3) is 0.125. The second-order valence-electron chi connectivity index (χ2n) is 4.40. The minimum atomic E-state index is -0.907. The molecular formula is C16H12Cl2O3. The molecule has 21 heavy (non-hydrogen) atoms. The molecule has 0 aromatic heterocycles. The third-order valence-corrected chi connectivity index (χ3v) is 3.42. The van der Waals surface area contributed by atoms with E-state index in [0.717, 1.165) is 0 Å². The lowest BCUT2D eigenvalue weighted by atomic mass is 10.1. The van der Waals surface area contributed by atoms with E-state index in [1.165, 1.54) is 19.1 Å². The van der Waals surface area contributed by atoms with Gasteiger partial charge in [-0.25, -0.2) is 4.79 Å². The molecule has 0 bridgehead atoms. The molecule has 5 heteroatoms. The number of rotatable bonds is 4. The first-order valence-corrected chi connectivity index (χ1v) is 7.00. The molecule has 3 nitrogen and oxygen atoms in total. The van der Waals surface area contributed by atoms with Gasteiger partial charge in [-0.1, -0.05) is 53.5 Å². The van der Waals surface area contributed by atoms with Crippen LogP contribution in [0.2, 0.25) is 10.0 Å². The van der Waals surface area contributed by atoms with Gasteiger partial charge in [0.15, 0.2) is 6.10 Å². The highest BCUT2D eigenvalue weighted by molar-refractivity contribution is 6.35. The van der Waals surface area contributed by atoms with Gasteiger partial charge >= 0.3 is 5.97 Å². The van der Waals surface area contributed by atoms with E-state index in [0.29, 0.717) is 10.6 Å². The van der Waals surface area contributed by atoms with Gasteiger partial charge < -0.3 is 4.74 Å². The van der Waals surface area contributed by atoms with Crippen LogP contribution in [0.4, 0.5) is 0 Å². The van der Waals surface area contributed by atoms with E-state index in [2.05, 4.69) is 0 Å². The molecule has 1 atom stereocenters. The molecule has 1 unspecified atom stereocenters. The van der Waals surface area contributed by atoms with Crippen molar-refractivity contribution in [2.24, 2.45) is 0 Å². The highest BCUT2D eigenvalue weighted by Crippen LogP contribution is 2.22. The smallest absolute Gasteiger partial charge is 0.340 e. The minimum Gasteiger partial charge on any atom is -0.451 e. The van der Waals surface area contributed by atoms with Crippen LogP contribution in [0.25, 0.3) is 0 Å². The highest BCUT2D eigenvalue weighted by Gasteiger charge is 2.21. The van der Waals surface area contributed by atoms with Gasteiger partial charge in [0.2, 0.25) is 5.78 Å². The van der Waals surface area contributed by atoms with Crippen LogP contribution < -0.4 is 0 Å². The molecule has 0 aliphatic heterocycles. The SMILES string of the molecule is CC(OC(=O)c1cc(Cl)ccc1Cl)C(=O)c1ccccc1. The molecular weight excluding hydrogens is 311 g/mol. The van der Waals surface area contributed by atoms with Gasteiger partial charge in [0, 0.05) is 10.6 Å². The van der Waals surface area contributed by atoms with Crippen molar-refractivity contribution in [1.29, 1.82) is 0 Å². The molecule has 2 rings (SSSR count). The van der Waals surface area contributed by atoms with Gasteiger partial charge in [-0.2, -0.15) is 0 Å². The number of ketones is 1. The number of Topliss-reactive ketones (excluding diaryl/α,β-unsaturated/α-hetero) is 1. The molecule has 0 fully saturated rings. The van der Waals surface area contributed by atoms with Crippen molar-refractivity contribution in [3.63, 3.8) is 0 Å². The van der Waals surface area contributed by atoms with Crippen molar-refractivity contribution in [2.45, 2.75) is 13.0 Å².